The van der Waals surface area contributed by atoms with Gasteiger partial charge in [-0.05, 0) is 36.8 Å². The van der Waals surface area contributed by atoms with Crippen LogP contribution in [0.2, 0.25) is 0 Å². The number of carbonyl (C=O) groups is 1. The molecule has 0 atom stereocenters. The second-order valence-corrected chi connectivity index (χ2v) is 6.00. The van der Waals surface area contributed by atoms with Crippen molar-refractivity contribution < 1.29 is 18.8 Å². The number of rotatable bonds is 7. The first-order chi connectivity index (χ1) is 13.1. The van der Waals surface area contributed by atoms with Gasteiger partial charge in [-0.3, -0.25) is 4.79 Å². The van der Waals surface area contributed by atoms with Crippen molar-refractivity contribution in [3.05, 3.63) is 53.9 Å². The predicted octanol–water partition coefficient (Wildman–Crippen LogP) is 3.63. The van der Waals surface area contributed by atoms with Gasteiger partial charge in [-0.25, -0.2) is 0 Å². The van der Waals surface area contributed by atoms with Crippen molar-refractivity contribution in [3.8, 4) is 22.9 Å². The molecule has 3 rings (SSSR count). The van der Waals surface area contributed by atoms with Gasteiger partial charge >= 0.3 is 0 Å². The van der Waals surface area contributed by atoms with E-state index in [1.165, 1.54) is 0 Å². The van der Waals surface area contributed by atoms with Crippen LogP contribution in [-0.2, 0) is 11.2 Å². The molecule has 1 heterocycles. The van der Waals surface area contributed by atoms with Crippen LogP contribution < -0.4 is 14.8 Å². The summed E-state index contributed by atoms with van der Waals surface area (Å²) < 4.78 is 15.7. The summed E-state index contributed by atoms with van der Waals surface area (Å²) >= 11 is 0. The summed E-state index contributed by atoms with van der Waals surface area (Å²) in [7, 11) is 3.17. The standard InChI is InChI=1S/C20H21N3O4/c1-13-7-8-17(26-3)16(11-13)21-18(24)9-10-19-22-20(23-27-19)14-5-4-6-15(12-14)25-2/h4-8,11-12H,9-10H2,1-3H3,(H,21,24). The van der Waals surface area contributed by atoms with E-state index in [9.17, 15) is 4.79 Å². The molecule has 0 aliphatic carbocycles. The molecule has 2 aromatic carbocycles. The van der Waals surface area contributed by atoms with E-state index in [-0.39, 0.29) is 12.3 Å². The molecular formula is C20H21N3O4. The first kappa shape index (κ1) is 18.4. The lowest BCUT2D eigenvalue weighted by atomic mass is 10.2. The van der Waals surface area contributed by atoms with Crippen molar-refractivity contribution in [3.63, 3.8) is 0 Å². The van der Waals surface area contributed by atoms with Gasteiger partial charge in [0.15, 0.2) is 0 Å². The molecule has 1 N–H and O–H groups in total. The van der Waals surface area contributed by atoms with Crippen LogP contribution in [0.5, 0.6) is 11.5 Å². The van der Waals surface area contributed by atoms with Crippen molar-refractivity contribution in [2.45, 2.75) is 19.8 Å². The van der Waals surface area contributed by atoms with Gasteiger partial charge in [-0.2, -0.15) is 4.98 Å². The zero-order chi connectivity index (χ0) is 19.2. The molecule has 7 nitrogen and oxygen atoms in total. The lowest BCUT2D eigenvalue weighted by molar-refractivity contribution is -0.116. The molecule has 27 heavy (non-hydrogen) atoms. The van der Waals surface area contributed by atoms with Crippen molar-refractivity contribution in [1.82, 2.24) is 10.1 Å². The molecule has 3 aromatic rings. The maximum Gasteiger partial charge on any atom is 0.227 e. The van der Waals surface area contributed by atoms with Crippen LogP contribution in [0.3, 0.4) is 0 Å². The molecular weight excluding hydrogens is 346 g/mol. The zero-order valence-electron chi connectivity index (χ0n) is 15.5. The third-order valence-electron chi connectivity index (χ3n) is 3.99. The molecule has 0 spiro atoms. The van der Waals surface area contributed by atoms with Crippen LogP contribution in [0.4, 0.5) is 5.69 Å². The van der Waals surface area contributed by atoms with Gasteiger partial charge in [0.25, 0.3) is 0 Å². The Kier molecular flexibility index (Phi) is 5.71. The van der Waals surface area contributed by atoms with Crippen molar-refractivity contribution >= 4 is 11.6 Å². The van der Waals surface area contributed by atoms with Crippen molar-refractivity contribution in [1.29, 1.82) is 0 Å². The molecule has 0 saturated carbocycles. The molecule has 0 aliphatic heterocycles. The first-order valence-corrected chi connectivity index (χ1v) is 8.50. The fourth-order valence-electron chi connectivity index (χ4n) is 2.59. The average Bonchev–Trinajstić information content (AvgIpc) is 3.16. The zero-order valence-corrected chi connectivity index (χ0v) is 15.5. The summed E-state index contributed by atoms with van der Waals surface area (Å²) in [6, 6.07) is 13.0. The van der Waals surface area contributed by atoms with Gasteiger partial charge in [-0.15, -0.1) is 0 Å². The molecule has 0 radical (unpaired) electrons. The van der Waals surface area contributed by atoms with E-state index in [4.69, 9.17) is 14.0 Å². The molecule has 1 amide bonds. The number of nitrogens with zero attached hydrogens (tertiary/aromatic N) is 2. The van der Waals surface area contributed by atoms with Gasteiger partial charge in [0.1, 0.15) is 11.5 Å². The third kappa shape index (κ3) is 4.63. The highest BCUT2D eigenvalue weighted by molar-refractivity contribution is 5.92. The van der Waals surface area contributed by atoms with Gasteiger partial charge in [0.05, 0.1) is 19.9 Å². The Morgan fingerprint density at radius 1 is 1.15 bits per heavy atom. The molecule has 140 valence electrons. The monoisotopic (exact) mass is 367 g/mol. The number of carbonyl (C=O) groups excluding carboxylic acids is 1. The summed E-state index contributed by atoms with van der Waals surface area (Å²) in [6.45, 7) is 1.95. The Hall–Kier alpha value is -3.35. The molecule has 0 aliphatic rings. The minimum absolute atomic E-state index is 0.153. The highest BCUT2D eigenvalue weighted by Gasteiger charge is 2.13. The summed E-state index contributed by atoms with van der Waals surface area (Å²) in [5.74, 6) is 2.04. The topological polar surface area (TPSA) is 86.5 Å². The number of methoxy groups -OCH3 is 2. The Labute approximate surface area is 157 Å². The second-order valence-electron chi connectivity index (χ2n) is 6.00. The molecule has 0 bridgehead atoms. The molecule has 0 saturated heterocycles. The number of benzene rings is 2. The summed E-state index contributed by atoms with van der Waals surface area (Å²) in [5.41, 5.74) is 2.47. The Balaban J connectivity index is 1.61. The Bertz CT molecular complexity index is 936. The van der Waals surface area contributed by atoms with Crippen molar-refractivity contribution in [2.75, 3.05) is 19.5 Å². The molecule has 0 unspecified atom stereocenters. The molecule has 1 aromatic heterocycles. The highest BCUT2D eigenvalue weighted by Crippen LogP contribution is 2.25. The fraction of sp³-hybridized carbons (Fsp3) is 0.250. The number of hydrogen-bond acceptors (Lipinski definition) is 6. The van der Waals surface area contributed by atoms with E-state index in [1.54, 1.807) is 14.2 Å². The summed E-state index contributed by atoms with van der Waals surface area (Å²) in [5, 5.41) is 6.83. The first-order valence-electron chi connectivity index (χ1n) is 8.50. The maximum absolute atomic E-state index is 12.3. The van der Waals surface area contributed by atoms with E-state index in [1.807, 2.05) is 49.4 Å². The van der Waals surface area contributed by atoms with Crippen molar-refractivity contribution in [2.24, 2.45) is 0 Å². The third-order valence-corrected chi connectivity index (χ3v) is 3.99. The number of amides is 1. The summed E-state index contributed by atoms with van der Waals surface area (Å²) in [4.78, 5) is 16.6. The van der Waals surface area contributed by atoms with Crippen LogP contribution >= 0.6 is 0 Å². The number of aryl methyl sites for hydroxylation is 2. The van der Waals surface area contributed by atoms with E-state index < -0.39 is 0 Å². The number of anilines is 1. The molecule has 0 fully saturated rings. The Morgan fingerprint density at radius 2 is 2.00 bits per heavy atom. The number of hydrogen-bond donors (Lipinski definition) is 1. The predicted molar refractivity (Wildman–Crippen MR) is 101 cm³/mol. The number of aromatic nitrogens is 2. The van der Waals surface area contributed by atoms with E-state index >= 15 is 0 Å². The number of nitrogens with one attached hydrogen (secondary N) is 1. The molecule has 7 heteroatoms. The fourth-order valence-corrected chi connectivity index (χ4v) is 2.59. The van der Waals surface area contributed by atoms with Gasteiger partial charge in [0, 0.05) is 18.4 Å². The average molecular weight is 367 g/mol. The van der Waals surface area contributed by atoms with Crippen LogP contribution in [-0.4, -0.2) is 30.3 Å². The lowest BCUT2D eigenvalue weighted by Gasteiger charge is -2.10. The second kappa shape index (κ2) is 8.35. The van der Waals surface area contributed by atoms with E-state index in [0.717, 1.165) is 11.1 Å². The quantitative estimate of drug-likeness (QED) is 0.686. The van der Waals surface area contributed by atoms with Crippen LogP contribution in [0.25, 0.3) is 11.4 Å². The Morgan fingerprint density at radius 3 is 2.78 bits per heavy atom. The van der Waals surface area contributed by atoms with Crippen LogP contribution in [0, 0.1) is 6.92 Å². The largest absolute Gasteiger partial charge is 0.497 e. The van der Waals surface area contributed by atoms with Gasteiger partial charge in [-0.1, -0.05) is 23.4 Å². The van der Waals surface area contributed by atoms with Gasteiger partial charge < -0.3 is 19.3 Å². The number of ether oxygens (including phenoxy) is 2. The minimum atomic E-state index is -0.153. The van der Waals surface area contributed by atoms with Crippen LogP contribution in [0.1, 0.15) is 17.9 Å². The SMILES string of the molecule is COc1cccc(-c2noc(CCC(=O)Nc3cc(C)ccc3OC)n2)c1. The van der Waals surface area contributed by atoms with E-state index in [2.05, 4.69) is 15.5 Å². The smallest absolute Gasteiger partial charge is 0.227 e. The van der Waals surface area contributed by atoms with Crippen LogP contribution in [0.15, 0.2) is 47.0 Å². The maximum atomic E-state index is 12.3. The summed E-state index contributed by atoms with van der Waals surface area (Å²) in [6.07, 6.45) is 0.563. The lowest BCUT2D eigenvalue weighted by Crippen LogP contribution is -2.13. The highest BCUT2D eigenvalue weighted by atomic mass is 16.5. The minimum Gasteiger partial charge on any atom is -0.497 e. The van der Waals surface area contributed by atoms with E-state index in [0.29, 0.717) is 35.3 Å². The normalized spacial score (nSPS) is 10.5. The van der Waals surface area contributed by atoms with Gasteiger partial charge in [0.2, 0.25) is 17.6 Å².